The molecule has 1 aromatic rings. The van der Waals surface area contributed by atoms with Gasteiger partial charge in [0.1, 0.15) is 0 Å². The Labute approximate surface area is 117 Å². The van der Waals surface area contributed by atoms with Gasteiger partial charge in [-0.3, -0.25) is 4.79 Å². The van der Waals surface area contributed by atoms with E-state index in [9.17, 15) is 4.79 Å². The Morgan fingerprint density at radius 1 is 1.39 bits per heavy atom. The molecule has 0 atom stereocenters. The van der Waals surface area contributed by atoms with E-state index in [0.717, 1.165) is 23.2 Å². The molecule has 98 valence electrons. The van der Waals surface area contributed by atoms with Gasteiger partial charge in [-0.1, -0.05) is 6.07 Å². The van der Waals surface area contributed by atoms with Gasteiger partial charge in [0.2, 0.25) is 5.91 Å². The van der Waals surface area contributed by atoms with E-state index in [1.54, 1.807) is 0 Å². The highest BCUT2D eigenvalue weighted by Gasteiger charge is 2.34. The predicted molar refractivity (Wildman–Crippen MR) is 77.9 cm³/mol. The minimum Gasteiger partial charge on any atom is -0.314 e. The standard InChI is InChI=1S/C14H19BrN2O/c1-10-4-5-12(11(15)8-10)17-13(18)6-7-16-9-14(17,2)3/h4-5,8,16H,6-7,9H2,1-3H3. The molecule has 0 aromatic heterocycles. The number of aryl methyl sites for hydroxylation is 1. The van der Waals surface area contributed by atoms with Crippen molar-refractivity contribution in [2.24, 2.45) is 0 Å². The molecular formula is C14H19BrN2O. The summed E-state index contributed by atoms with van der Waals surface area (Å²) >= 11 is 3.57. The highest BCUT2D eigenvalue weighted by Crippen LogP contribution is 2.33. The zero-order valence-corrected chi connectivity index (χ0v) is 12.7. The van der Waals surface area contributed by atoms with Gasteiger partial charge in [-0.25, -0.2) is 0 Å². The molecule has 1 aliphatic heterocycles. The molecule has 1 aliphatic rings. The summed E-state index contributed by atoms with van der Waals surface area (Å²) in [4.78, 5) is 14.2. The van der Waals surface area contributed by atoms with Crippen LogP contribution in [0.2, 0.25) is 0 Å². The van der Waals surface area contributed by atoms with E-state index in [4.69, 9.17) is 0 Å². The minimum atomic E-state index is -0.217. The van der Waals surface area contributed by atoms with Gasteiger partial charge in [-0.05, 0) is 54.4 Å². The second-order valence-electron chi connectivity index (χ2n) is 5.42. The molecule has 0 aliphatic carbocycles. The maximum Gasteiger partial charge on any atom is 0.228 e. The fraction of sp³-hybridized carbons (Fsp3) is 0.500. The van der Waals surface area contributed by atoms with Crippen LogP contribution in [0.3, 0.4) is 0 Å². The van der Waals surface area contributed by atoms with Crippen LogP contribution >= 0.6 is 15.9 Å². The van der Waals surface area contributed by atoms with Crippen molar-refractivity contribution in [1.82, 2.24) is 5.32 Å². The van der Waals surface area contributed by atoms with E-state index < -0.39 is 0 Å². The van der Waals surface area contributed by atoms with Crippen LogP contribution in [-0.2, 0) is 4.79 Å². The van der Waals surface area contributed by atoms with Crippen LogP contribution < -0.4 is 10.2 Å². The lowest BCUT2D eigenvalue weighted by Gasteiger charge is -2.37. The first kappa shape index (κ1) is 13.6. The Morgan fingerprint density at radius 3 is 2.78 bits per heavy atom. The number of nitrogens with one attached hydrogen (secondary N) is 1. The van der Waals surface area contributed by atoms with Crippen molar-refractivity contribution in [2.45, 2.75) is 32.7 Å². The smallest absolute Gasteiger partial charge is 0.228 e. The lowest BCUT2D eigenvalue weighted by molar-refractivity contribution is -0.119. The highest BCUT2D eigenvalue weighted by molar-refractivity contribution is 9.10. The van der Waals surface area contributed by atoms with Crippen molar-refractivity contribution < 1.29 is 4.79 Å². The lowest BCUT2D eigenvalue weighted by atomic mass is 10.0. The second kappa shape index (κ2) is 5.02. The van der Waals surface area contributed by atoms with Gasteiger partial charge in [0.05, 0.1) is 11.2 Å². The third-order valence-electron chi connectivity index (χ3n) is 3.27. The van der Waals surface area contributed by atoms with E-state index in [-0.39, 0.29) is 11.4 Å². The summed E-state index contributed by atoms with van der Waals surface area (Å²) in [6, 6.07) is 6.11. The molecule has 1 aromatic carbocycles. The summed E-state index contributed by atoms with van der Waals surface area (Å²) < 4.78 is 0.978. The first-order valence-electron chi connectivity index (χ1n) is 6.22. The molecule has 2 rings (SSSR count). The van der Waals surface area contributed by atoms with Gasteiger partial charge in [0, 0.05) is 24.0 Å². The molecule has 0 saturated carbocycles. The van der Waals surface area contributed by atoms with Crippen molar-refractivity contribution in [3.8, 4) is 0 Å². The quantitative estimate of drug-likeness (QED) is 0.865. The number of benzene rings is 1. The molecule has 3 nitrogen and oxygen atoms in total. The minimum absolute atomic E-state index is 0.176. The van der Waals surface area contributed by atoms with E-state index >= 15 is 0 Å². The largest absolute Gasteiger partial charge is 0.314 e. The van der Waals surface area contributed by atoms with Crippen molar-refractivity contribution in [2.75, 3.05) is 18.0 Å². The lowest BCUT2D eigenvalue weighted by Crippen LogP contribution is -2.51. The molecule has 1 heterocycles. The number of nitrogens with zero attached hydrogens (tertiary/aromatic N) is 1. The molecule has 1 amide bonds. The number of rotatable bonds is 1. The number of carbonyl (C=O) groups excluding carboxylic acids is 1. The summed E-state index contributed by atoms with van der Waals surface area (Å²) in [5.41, 5.74) is 1.92. The summed E-state index contributed by atoms with van der Waals surface area (Å²) in [7, 11) is 0. The van der Waals surface area contributed by atoms with Crippen molar-refractivity contribution in [1.29, 1.82) is 0 Å². The molecule has 1 N–H and O–H groups in total. The normalized spacial score (nSPS) is 19.8. The number of halogens is 1. The van der Waals surface area contributed by atoms with E-state index in [2.05, 4.69) is 41.2 Å². The number of amides is 1. The van der Waals surface area contributed by atoms with Gasteiger partial charge >= 0.3 is 0 Å². The average Bonchev–Trinajstić information content (AvgIpc) is 2.39. The molecule has 1 fully saturated rings. The van der Waals surface area contributed by atoms with Gasteiger partial charge in [-0.2, -0.15) is 0 Å². The maximum atomic E-state index is 12.3. The third kappa shape index (κ3) is 2.59. The molecule has 4 heteroatoms. The zero-order chi connectivity index (χ0) is 13.3. The highest BCUT2D eigenvalue weighted by atomic mass is 79.9. The van der Waals surface area contributed by atoms with Crippen LogP contribution in [0.15, 0.2) is 22.7 Å². The van der Waals surface area contributed by atoms with Gasteiger partial charge < -0.3 is 10.2 Å². The Morgan fingerprint density at radius 2 is 2.11 bits per heavy atom. The van der Waals surface area contributed by atoms with E-state index in [0.29, 0.717) is 6.42 Å². The maximum absolute atomic E-state index is 12.3. The van der Waals surface area contributed by atoms with E-state index in [1.807, 2.05) is 24.0 Å². The number of hydrogen-bond acceptors (Lipinski definition) is 2. The second-order valence-corrected chi connectivity index (χ2v) is 6.28. The molecule has 0 unspecified atom stereocenters. The van der Waals surface area contributed by atoms with E-state index in [1.165, 1.54) is 5.56 Å². The molecule has 0 radical (unpaired) electrons. The van der Waals surface area contributed by atoms with Crippen LogP contribution in [0.25, 0.3) is 0 Å². The van der Waals surface area contributed by atoms with Crippen LogP contribution in [0.5, 0.6) is 0 Å². The predicted octanol–water partition coefficient (Wildman–Crippen LogP) is 2.86. The fourth-order valence-electron chi connectivity index (χ4n) is 2.37. The summed E-state index contributed by atoms with van der Waals surface area (Å²) in [6.45, 7) is 7.79. The number of anilines is 1. The average molecular weight is 311 g/mol. The first-order chi connectivity index (χ1) is 8.42. The van der Waals surface area contributed by atoms with Gasteiger partial charge in [0.25, 0.3) is 0 Å². The van der Waals surface area contributed by atoms with Crippen molar-refractivity contribution in [3.05, 3.63) is 28.2 Å². The van der Waals surface area contributed by atoms with Gasteiger partial charge in [0.15, 0.2) is 0 Å². The molecule has 0 bridgehead atoms. The molecule has 1 saturated heterocycles. The molecule has 18 heavy (non-hydrogen) atoms. The summed E-state index contributed by atoms with van der Waals surface area (Å²) in [5, 5.41) is 3.32. The Bertz CT molecular complexity index is 471. The topological polar surface area (TPSA) is 32.3 Å². The van der Waals surface area contributed by atoms with Crippen LogP contribution in [0.1, 0.15) is 25.8 Å². The number of hydrogen-bond donors (Lipinski definition) is 1. The third-order valence-corrected chi connectivity index (χ3v) is 3.91. The van der Waals surface area contributed by atoms with Crippen molar-refractivity contribution >= 4 is 27.5 Å². The summed E-state index contributed by atoms with van der Waals surface area (Å²) in [5.74, 6) is 0.176. The zero-order valence-electron chi connectivity index (χ0n) is 11.1. The van der Waals surface area contributed by atoms with Crippen LogP contribution in [0, 0.1) is 6.92 Å². The first-order valence-corrected chi connectivity index (χ1v) is 7.01. The Kier molecular flexibility index (Phi) is 3.78. The van der Waals surface area contributed by atoms with Crippen molar-refractivity contribution in [3.63, 3.8) is 0 Å². The number of carbonyl (C=O) groups is 1. The Balaban J connectivity index is 2.47. The summed E-state index contributed by atoms with van der Waals surface area (Å²) in [6.07, 6.45) is 0.545. The Hall–Kier alpha value is -0.870. The fourth-order valence-corrected chi connectivity index (χ4v) is 3.04. The van der Waals surface area contributed by atoms with Crippen LogP contribution in [-0.4, -0.2) is 24.5 Å². The SMILES string of the molecule is Cc1ccc(N2C(=O)CCNCC2(C)C)c(Br)c1. The van der Waals surface area contributed by atoms with Crippen LogP contribution in [0.4, 0.5) is 5.69 Å². The molecule has 0 spiro atoms. The van der Waals surface area contributed by atoms with Gasteiger partial charge in [-0.15, -0.1) is 0 Å². The molecular weight excluding hydrogens is 292 g/mol. The monoisotopic (exact) mass is 310 g/mol.